The monoisotopic (exact) mass is 348 g/mol. The summed E-state index contributed by atoms with van der Waals surface area (Å²) in [7, 11) is 3.08. The molecule has 0 saturated carbocycles. The lowest BCUT2D eigenvalue weighted by Crippen LogP contribution is -2.45. The molecule has 0 unspecified atom stereocenters. The van der Waals surface area contributed by atoms with Crippen molar-refractivity contribution in [3.8, 4) is 11.5 Å². The van der Waals surface area contributed by atoms with Gasteiger partial charge in [0, 0.05) is 5.70 Å². The fourth-order valence-corrected chi connectivity index (χ4v) is 2.63. The van der Waals surface area contributed by atoms with Crippen LogP contribution in [0.25, 0.3) is 0 Å². The Bertz CT molecular complexity index is 684. The first-order chi connectivity index (χ1) is 12.0. The standard InChI is InChI=1S/C18H24N2O5/c1-5-6-9-25-17(21)15-11(2)19-18(22)20-16(15)12-7-8-13(23-3)14(10-12)24-4/h7-8,10,16H,5-6,9H2,1-4H3,(H2,19,20,22)/t16-/m0/s1. The van der Waals surface area contributed by atoms with Gasteiger partial charge in [0.25, 0.3) is 0 Å². The summed E-state index contributed by atoms with van der Waals surface area (Å²) in [4.78, 5) is 24.4. The van der Waals surface area contributed by atoms with Gasteiger partial charge in [-0.3, -0.25) is 0 Å². The molecule has 1 atom stereocenters. The minimum atomic E-state index is -0.623. The molecule has 7 nitrogen and oxygen atoms in total. The number of unbranched alkanes of at least 4 members (excludes halogenated alkanes) is 1. The summed E-state index contributed by atoms with van der Waals surface area (Å²) in [6.45, 7) is 4.05. The number of rotatable bonds is 7. The second kappa shape index (κ2) is 8.41. The lowest BCUT2D eigenvalue weighted by atomic mass is 9.95. The quantitative estimate of drug-likeness (QED) is 0.584. The molecule has 0 spiro atoms. The normalized spacial score (nSPS) is 16.8. The van der Waals surface area contributed by atoms with Gasteiger partial charge in [-0.2, -0.15) is 0 Å². The van der Waals surface area contributed by atoms with Crippen molar-refractivity contribution < 1.29 is 23.8 Å². The molecule has 0 fully saturated rings. The average Bonchev–Trinajstić information content (AvgIpc) is 2.60. The van der Waals surface area contributed by atoms with Gasteiger partial charge in [-0.15, -0.1) is 0 Å². The van der Waals surface area contributed by atoms with Crippen molar-refractivity contribution in [1.82, 2.24) is 10.6 Å². The van der Waals surface area contributed by atoms with Gasteiger partial charge in [0.15, 0.2) is 11.5 Å². The smallest absolute Gasteiger partial charge is 0.338 e. The van der Waals surface area contributed by atoms with E-state index in [0.717, 1.165) is 12.8 Å². The molecule has 1 heterocycles. The number of urea groups is 1. The Hall–Kier alpha value is -2.70. The Morgan fingerprint density at radius 3 is 2.56 bits per heavy atom. The lowest BCUT2D eigenvalue weighted by Gasteiger charge is -2.28. The van der Waals surface area contributed by atoms with E-state index in [4.69, 9.17) is 14.2 Å². The minimum absolute atomic E-state index is 0.346. The maximum atomic E-state index is 12.5. The van der Waals surface area contributed by atoms with E-state index < -0.39 is 12.0 Å². The van der Waals surface area contributed by atoms with Gasteiger partial charge >= 0.3 is 12.0 Å². The number of carbonyl (C=O) groups is 2. The summed E-state index contributed by atoms with van der Waals surface area (Å²) in [5, 5.41) is 5.39. The number of ether oxygens (including phenoxy) is 3. The maximum absolute atomic E-state index is 12.5. The van der Waals surface area contributed by atoms with Crippen LogP contribution in [0.1, 0.15) is 38.3 Å². The number of hydrogen-bond acceptors (Lipinski definition) is 5. The summed E-state index contributed by atoms with van der Waals surface area (Å²) in [5.41, 5.74) is 1.56. The summed E-state index contributed by atoms with van der Waals surface area (Å²) < 4.78 is 15.9. The Morgan fingerprint density at radius 2 is 1.92 bits per heavy atom. The lowest BCUT2D eigenvalue weighted by molar-refractivity contribution is -0.139. The van der Waals surface area contributed by atoms with E-state index in [2.05, 4.69) is 10.6 Å². The van der Waals surface area contributed by atoms with Gasteiger partial charge in [-0.1, -0.05) is 19.4 Å². The highest BCUT2D eigenvalue weighted by Gasteiger charge is 2.32. The molecule has 2 amide bonds. The molecule has 0 bridgehead atoms. The predicted octanol–water partition coefficient (Wildman–Crippen LogP) is 2.68. The van der Waals surface area contributed by atoms with Crippen LogP contribution in [0.15, 0.2) is 29.5 Å². The van der Waals surface area contributed by atoms with Crippen LogP contribution in [0, 0.1) is 0 Å². The van der Waals surface area contributed by atoms with E-state index in [1.165, 1.54) is 7.11 Å². The molecule has 0 saturated heterocycles. The first-order valence-corrected chi connectivity index (χ1v) is 8.19. The van der Waals surface area contributed by atoms with E-state index in [1.54, 1.807) is 32.2 Å². The third-order valence-electron chi connectivity index (χ3n) is 3.96. The van der Waals surface area contributed by atoms with E-state index in [9.17, 15) is 9.59 Å². The number of amides is 2. The van der Waals surface area contributed by atoms with Crippen molar-refractivity contribution in [3.63, 3.8) is 0 Å². The fraction of sp³-hybridized carbons (Fsp3) is 0.444. The van der Waals surface area contributed by atoms with Crippen LogP contribution in [-0.4, -0.2) is 32.8 Å². The van der Waals surface area contributed by atoms with E-state index in [-0.39, 0.29) is 6.03 Å². The van der Waals surface area contributed by atoms with Crippen LogP contribution in [0.2, 0.25) is 0 Å². The molecule has 136 valence electrons. The SMILES string of the molecule is CCCCOC(=O)C1=C(C)NC(=O)N[C@H]1c1ccc(OC)c(OC)c1. The summed E-state index contributed by atoms with van der Waals surface area (Å²) >= 11 is 0. The molecule has 0 radical (unpaired) electrons. The maximum Gasteiger partial charge on any atom is 0.338 e. The van der Waals surface area contributed by atoms with Crippen molar-refractivity contribution in [2.45, 2.75) is 32.7 Å². The summed E-state index contributed by atoms with van der Waals surface area (Å²) in [5.74, 6) is 0.640. The predicted molar refractivity (Wildman–Crippen MR) is 92.5 cm³/mol. The Morgan fingerprint density at radius 1 is 1.20 bits per heavy atom. The van der Waals surface area contributed by atoms with Crippen molar-refractivity contribution >= 4 is 12.0 Å². The van der Waals surface area contributed by atoms with Crippen LogP contribution in [0.4, 0.5) is 4.79 Å². The van der Waals surface area contributed by atoms with Gasteiger partial charge in [-0.05, 0) is 31.0 Å². The largest absolute Gasteiger partial charge is 0.493 e. The summed E-state index contributed by atoms with van der Waals surface area (Å²) in [6, 6.07) is 4.26. The second-order valence-electron chi connectivity index (χ2n) is 5.67. The van der Waals surface area contributed by atoms with Gasteiger partial charge in [0.2, 0.25) is 0 Å². The third kappa shape index (κ3) is 4.23. The number of allylic oxidation sites excluding steroid dienone is 1. The number of carbonyl (C=O) groups excluding carboxylic acids is 2. The minimum Gasteiger partial charge on any atom is -0.493 e. The first-order valence-electron chi connectivity index (χ1n) is 8.19. The molecule has 7 heteroatoms. The van der Waals surface area contributed by atoms with Crippen LogP contribution >= 0.6 is 0 Å². The summed E-state index contributed by atoms with van der Waals surface area (Å²) in [6.07, 6.45) is 1.72. The number of hydrogen-bond donors (Lipinski definition) is 2. The number of esters is 1. The number of nitrogens with one attached hydrogen (secondary N) is 2. The Balaban J connectivity index is 2.37. The average molecular weight is 348 g/mol. The molecule has 2 rings (SSSR count). The van der Waals surface area contributed by atoms with E-state index in [1.807, 2.05) is 6.92 Å². The first kappa shape index (κ1) is 18.6. The van der Waals surface area contributed by atoms with Crippen LogP contribution in [0.3, 0.4) is 0 Å². The molecular formula is C18H24N2O5. The van der Waals surface area contributed by atoms with Crippen molar-refractivity contribution in [3.05, 3.63) is 35.0 Å². The van der Waals surface area contributed by atoms with E-state index in [0.29, 0.717) is 34.9 Å². The molecule has 1 aliphatic rings. The van der Waals surface area contributed by atoms with Crippen LogP contribution < -0.4 is 20.1 Å². The molecule has 1 aromatic rings. The van der Waals surface area contributed by atoms with Gasteiger partial charge in [0.1, 0.15) is 0 Å². The van der Waals surface area contributed by atoms with Gasteiger partial charge in [-0.25, -0.2) is 9.59 Å². The zero-order valence-corrected chi connectivity index (χ0v) is 15.0. The molecule has 0 aliphatic carbocycles. The van der Waals surface area contributed by atoms with Crippen LogP contribution in [0.5, 0.6) is 11.5 Å². The molecular weight excluding hydrogens is 324 g/mol. The highest BCUT2D eigenvalue weighted by atomic mass is 16.5. The molecule has 25 heavy (non-hydrogen) atoms. The third-order valence-corrected chi connectivity index (χ3v) is 3.96. The Labute approximate surface area is 147 Å². The Kier molecular flexibility index (Phi) is 6.27. The number of benzene rings is 1. The van der Waals surface area contributed by atoms with Gasteiger partial charge in [0.05, 0.1) is 32.4 Å². The van der Waals surface area contributed by atoms with Crippen molar-refractivity contribution in [2.24, 2.45) is 0 Å². The molecule has 0 aromatic heterocycles. The van der Waals surface area contributed by atoms with Gasteiger partial charge < -0.3 is 24.8 Å². The molecule has 2 N–H and O–H groups in total. The molecule has 1 aliphatic heterocycles. The van der Waals surface area contributed by atoms with Crippen LogP contribution in [-0.2, 0) is 9.53 Å². The van der Waals surface area contributed by atoms with Crippen molar-refractivity contribution in [1.29, 1.82) is 0 Å². The zero-order chi connectivity index (χ0) is 18.4. The highest BCUT2D eigenvalue weighted by molar-refractivity contribution is 5.95. The zero-order valence-electron chi connectivity index (χ0n) is 15.0. The van der Waals surface area contributed by atoms with Crippen molar-refractivity contribution in [2.75, 3.05) is 20.8 Å². The fourth-order valence-electron chi connectivity index (χ4n) is 2.63. The topological polar surface area (TPSA) is 85.9 Å². The highest BCUT2D eigenvalue weighted by Crippen LogP contribution is 2.34. The molecule has 1 aromatic carbocycles. The second-order valence-corrected chi connectivity index (χ2v) is 5.67. The van der Waals surface area contributed by atoms with E-state index >= 15 is 0 Å². The number of methoxy groups -OCH3 is 2.